The number of ether oxygens (including phenoxy) is 1. The fraction of sp³-hybridized carbons (Fsp3) is 0.150. The van der Waals surface area contributed by atoms with Crippen LogP contribution in [0.15, 0.2) is 64.8 Å². The van der Waals surface area contributed by atoms with E-state index in [0.717, 1.165) is 10.0 Å². The molecule has 140 valence electrons. The number of hydrogen-bond acceptors (Lipinski definition) is 4. The molecule has 7 heteroatoms. The van der Waals surface area contributed by atoms with E-state index in [1.807, 2.05) is 24.3 Å². The van der Waals surface area contributed by atoms with Gasteiger partial charge in [-0.1, -0.05) is 46.3 Å². The van der Waals surface area contributed by atoms with E-state index in [-0.39, 0.29) is 18.8 Å². The number of esters is 1. The second-order valence-electron chi connectivity index (χ2n) is 5.53. The SMILES string of the molecule is CC(=O)OCCNC(=O)/C(=C\c1ccc(Br)cc1)NC(=O)c1ccccc1. The first-order chi connectivity index (χ1) is 13.0. The molecule has 0 radical (unpaired) electrons. The number of hydrogen-bond donors (Lipinski definition) is 2. The van der Waals surface area contributed by atoms with Gasteiger partial charge in [0.1, 0.15) is 12.3 Å². The van der Waals surface area contributed by atoms with Crippen LogP contribution in [0, 0.1) is 0 Å². The summed E-state index contributed by atoms with van der Waals surface area (Å²) in [5.41, 5.74) is 1.28. The van der Waals surface area contributed by atoms with Gasteiger partial charge in [-0.15, -0.1) is 0 Å². The molecular weight excluding hydrogens is 412 g/mol. The normalized spacial score (nSPS) is 10.8. The van der Waals surface area contributed by atoms with Gasteiger partial charge in [0.25, 0.3) is 11.8 Å². The van der Waals surface area contributed by atoms with Crippen LogP contribution >= 0.6 is 15.9 Å². The van der Waals surface area contributed by atoms with Gasteiger partial charge in [0, 0.05) is 17.0 Å². The molecule has 0 unspecified atom stereocenters. The maximum absolute atomic E-state index is 12.5. The summed E-state index contributed by atoms with van der Waals surface area (Å²) in [4.78, 5) is 35.7. The molecule has 0 aliphatic heterocycles. The van der Waals surface area contributed by atoms with Crippen LogP contribution < -0.4 is 10.6 Å². The maximum Gasteiger partial charge on any atom is 0.302 e. The summed E-state index contributed by atoms with van der Waals surface area (Å²) >= 11 is 3.35. The van der Waals surface area contributed by atoms with E-state index >= 15 is 0 Å². The Bertz CT molecular complexity index is 833. The molecule has 0 saturated carbocycles. The molecule has 0 atom stereocenters. The maximum atomic E-state index is 12.5. The molecule has 0 heterocycles. The summed E-state index contributed by atoms with van der Waals surface area (Å²) < 4.78 is 5.69. The van der Waals surface area contributed by atoms with E-state index < -0.39 is 17.8 Å². The lowest BCUT2D eigenvalue weighted by atomic mass is 10.1. The molecule has 2 aromatic rings. The summed E-state index contributed by atoms with van der Waals surface area (Å²) in [6.45, 7) is 1.48. The zero-order valence-electron chi connectivity index (χ0n) is 14.7. The Kier molecular flexibility index (Phi) is 7.76. The molecule has 0 aliphatic rings. The Morgan fingerprint density at radius 2 is 1.70 bits per heavy atom. The van der Waals surface area contributed by atoms with E-state index in [1.54, 1.807) is 36.4 Å². The molecule has 0 spiro atoms. The van der Waals surface area contributed by atoms with E-state index in [9.17, 15) is 14.4 Å². The lowest BCUT2D eigenvalue weighted by molar-refractivity contribution is -0.141. The van der Waals surface area contributed by atoms with Crippen LogP contribution in [0.4, 0.5) is 0 Å². The van der Waals surface area contributed by atoms with Gasteiger partial charge in [0.15, 0.2) is 0 Å². The van der Waals surface area contributed by atoms with Crippen LogP contribution in [-0.4, -0.2) is 30.9 Å². The molecule has 0 bridgehead atoms. The third-order valence-corrected chi connectivity index (χ3v) is 3.93. The van der Waals surface area contributed by atoms with Crippen molar-refractivity contribution in [2.24, 2.45) is 0 Å². The van der Waals surface area contributed by atoms with Crippen molar-refractivity contribution in [1.82, 2.24) is 10.6 Å². The smallest absolute Gasteiger partial charge is 0.302 e. The number of carbonyl (C=O) groups excluding carboxylic acids is 3. The van der Waals surface area contributed by atoms with E-state index in [1.165, 1.54) is 6.92 Å². The van der Waals surface area contributed by atoms with Crippen molar-refractivity contribution in [3.05, 3.63) is 75.9 Å². The molecular formula is C20H19BrN2O4. The monoisotopic (exact) mass is 430 g/mol. The quantitative estimate of drug-likeness (QED) is 0.401. The zero-order valence-corrected chi connectivity index (χ0v) is 16.3. The second-order valence-corrected chi connectivity index (χ2v) is 6.44. The number of benzene rings is 2. The van der Waals surface area contributed by atoms with Crippen molar-refractivity contribution < 1.29 is 19.1 Å². The fourth-order valence-electron chi connectivity index (χ4n) is 2.12. The summed E-state index contributed by atoms with van der Waals surface area (Å²) in [6.07, 6.45) is 1.58. The number of nitrogens with one attached hydrogen (secondary N) is 2. The Labute approximate surface area is 165 Å². The number of amides is 2. The highest BCUT2D eigenvalue weighted by Gasteiger charge is 2.14. The van der Waals surface area contributed by atoms with E-state index in [2.05, 4.69) is 26.6 Å². The standard InChI is InChI=1S/C20H19BrN2O4/c1-14(24)27-12-11-22-20(26)18(13-15-7-9-17(21)10-8-15)23-19(25)16-5-3-2-4-6-16/h2-10,13H,11-12H2,1H3,(H,22,26)(H,23,25)/b18-13+. The van der Waals surface area contributed by atoms with Crippen LogP contribution in [0.25, 0.3) is 6.08 Å². The topological polar surface area (TPSA) is 84.5 Å². The Balaban J connectivity index is 2.14. The van der Waals surface area contributed by atoms with Gasteiger partial charge < -0.3 is 15.4 Å². The first kappa shape index (κ1) is 20.4. The zero-order chi connectivity index (χ0) is 19.6. The average Bonchev–Trinajstić information content (AvgIpc) is 2.66. The van der Waals surface area contributed by atoms with E-state index in [0.29, 0.717) is 5.56 Å². The third-order valence-electron chi connectivity index (χ3n) is 3.40. The van der Waals surface area contributed by atoms with Crippen molar-refractivity contribution in [2.75, 3.05) is 13.2 Å². The lowest BCUT2D eigenvalue weighted by Gasteiger charge is -2.11. The van der Waals surface area contributed by atoms with Gasteiger partial charge >= 0.3 is 5.97 Å². The van der Waals surface area contributed by atoms with Crippen molar-refractivity contribution in [1.29, 1.82) is 0 Å². The molecule has 0 fully saturated rings. The molecule has 2 aromatic carbocycles. The highest BCUT2D eigenvalue weighted by Crippen LogP contribution is 2.13. The molecule has 2 N–H and O–H groups in total. The second kappa shape index (κ2) is 10.3. The molecule has 2 rings (SSSR count). The van der Waals surface area contributed by atoms with Crippen molar-refractivity contribution in [3.8, 4) is 0 Å². The molecule has 6 nitrogen and oxygen atoms in total. The van der Waals surface area contributed by atoms with Crippen LogP contribution in [0.2, 0.25) is 0 Å². The van der Waals surface area contributed by atoms with Crippen LogP contribution in [-0.2, 0) is 14.3 Å². The van der Waals surface area contributed by atoms with Crippen LogP contribution in [0.3, 0.4) is 0 Å². The minimum absolute atomic E-state index is 0.0548. The minimum Gasteiger partial charge on any atom is -0.464 e. The van der Waals surface area contributed by atoms with Gasteiger partial charge in [-0.05, 0) is 35.9 Å². The van der Waals surface area contributed by atoms with Gasteiger partial charge in [0.05, 0.1) is 6.54 Å². The van der Waals surface area contributed by atoms with Crippen LogP contribution in [0.5, 0.6) is 0 Å². The molecule has 0 aromatic heterocycles. The Morgan fingerprint density at radius 1 is 1.04 bits per heavy atom. The van der Waals surface area contributed by atoms with E-state index in [4.69, 9.17) is 4.74 Å². The predicted octanol–water partition coefficient (Wildman–Crippen LogP) is 2.90. The molecule has 0 aliphatic carbocycles. The average molecular weight is 431 g/mol. The fourth-order valence-corrected chi connectivity index (χ4v) is 2.39. The predicted molar refractivity (Wildman–Crippen MR) is 106 cm³/mol. The van der Waals surface area contributed by atoms with Gasteiger partial charge in [-0.2, -0.15) is 0 Å². The van der Waals surface area contributed by atoms with Crippen LogP contribution in [0.1, 0.15) is 22.8 Å². The summed E-state index contributed by atoms with van der Waals surface area (Å²) in [5.74, 6) is -1.30. The molecule has 0 saturated heterocycles. The number of carbonyl (C=O) groups is 3. The van der Waals surface area contributed by atoms with Gasteiger partial charge in [-0.25, -0.2) is 0 Å². The third kappa shape index (κ3) is 7.07. The first-order valence-electron chi connectivity index (χ1n) is 8.21. The van der Waals surface area contributed by atoms with Gasteiger partial charge in [0.2, 0.25) is 0 Å². The Hall–Kier alpha value is -2.93. The molecule has 2 amide bonds. The first-order valence-corrected chi connectivity index (χ1v) is 9.00. The number of halogens is 1. The van der Waals surface area contributed by atoms with Crippen molar-refractivity contribution >= 4 is 39.8 Å². The lowest BCUT2D eigenvalue weighted by Crippen LogP contribution is -2.36. The Morgan fingerprint density at radius 3 is 2.33 bits per heavy atom. The summed E-state index contributed by atoms with van der Waals surface area (Å²) in [7, 11) is 0. The number of rotatable bonds is 7. The van der Waals surface area contributed by atoms with Crippen molar-refractivity contribution in [3.63, 3.8) is 0 Å². The summed E-state index contributed by atoms with van der Waals surface area (Å²) in [6, 6.07) is 15.9. The molecule has 27 heavy (non-hydrogen) atoms. The highest BCUT2D eigenvalue weighted by molar-refractivity contribution is 9.10. The summed E-state index contributed by atoms with van der Waals surface area (Å²) in [5, 5.41) is 5.25. The largest absolute Gasteiger partial charge is 0.464 e. The minimum atomic E-state index is -0.477. The highest BCUT2D eigenvalue weighted by atomic mass is 79.9. The van der Waals surface area contributed by atoms with Crippen molar-refractivity contribution in [2.45, 2.75) is 6.92 Å². The van der Waals surface area contributed by atoms with Gasteiger partial charge in [-0.3, -0.25) is 14.4 Å².